The first-order chi connectivity index (χ1) is 14.6. The Labute approximate surface area is 191 Å². The first-order valence-electron chi connectivity index (χ1n) is 9.90. The van der Waals surface area contributed by atoms with E-state index in [-0.39, 0.29) is 41.3 Å². The van der Waals surface area contributed by atoms with Gasteiger partial charge in [0.15, 0.2) is 0 Å². The smallest absolute Gasteiger partial charge is 0.259 e. The summed E-state index contributed by atoms with van der Waals surface area (Å²) in [7, 11) is -2.20. The monoisotopic (exact) mass is 511 g/mol. The highest BCUT2D eigenvalue weighted by atomic mass is 79.9. The molecule has 1 aromatic heterocycles. The van der Waals surface area contributed by atoms with Crippen molar-refractivity contribution in [1.29, 1.82) is 0 Å². The van der Waals surface area contributed by atoms with Crippen molar-refractivity contribution in [1.82, 2.24) is 14.2 Å². The molecule has 168 valence electrons. The van der Waals surface area contributed by atoms with E-state index in [1.165, 1.54) is 17.5 Å². The summed E-state index contributed by atoms with van der Waals surface area (Å²) in [5, 5.41) is 9.66. The predicted octanol–water partition coefficient (Wildman–Crippen LogP) is 2.38. The van der Waals surface area contributed by atoms with Crippen molar-refractivity contribution in [3.8, 4) is 5.88 Å². The second-order valence-corrected chi connectivity index (χ2v) is 10.7. The van der Waals surface area contributed by atoms with Crippen LogP contribution in [0.2, 0.25) is 0 Å². The quantitative estimate of drug-likeness (QED) is 0.638. The third-order valence-electron chi connectivity index (χ3n) is 5.38. The van der Waals surface area contributed by atoms with Crippen molar-refractivity contribution in [2.24, 2.45) is 5.92 Å². The summed E-state index contributed by atoms with van der Waals surface area (Å²) in [5.74, 6) is -0.365. The van der Waals surface area contributed by atoms with Crippen LogP contribution in [-0.2, 0) is 10.0 Å². The number of pyridine rings is 1. The summed E-state index contributed by atoms with van der Waals surface area (Å²) in [6.45, 7) is 3.84. The number of aliphatic hydroxyl groups is 1. The maximum absolute atomic E-state index is 13.1. The molecular formula is C21H26BrN3O5S. The lowest BCUT2D eigenvalue weighted by Gasteiger charge is -2.37. The fourth-order valence-electron chi connectivity index (χ4n) is 3.42. The number of sulfonamides is 1. The van der Waals surface area contributed by atoms with Crippen molar-refractivity contribution in [3.05, 3.63) is 52.6 Å². The first-order valence-corrected chi connectivity index (χ1v) is 12.1. The Bertz CT molecular complexity index is 1030. The molecule has 31 heavy (non-hydrogen) atoms. The van der Waals surface area contributed by atoms with E-state index in [4.69, 9.17) is 4.74 Å². The molecule has 3 rings (SSSR count). The van der Waals surface area contributed by atoms with Gasteiger partial charge in [-0.2, -0.15) is 4.31 Å². The minimum absolute atomic E-state index is 0.0745. The number of nitrogens with zero attached hydrogens (tertiary/aromatic N) is 3. The molecule has 0 unspecified atom stereocenters. The Kier molecular flexibility index (Phi) is 7.35. The molecule has 2 aromatic rings. The van der Waals surface area contributed by atoms with Gasteiger partial charge >= 0.3 is 0 Å². The van der Waals surface area contributed by atoms with Crippen LogP contribution < -0.4 is 4.74 Å². The van der Waals surface area contributed by atoms with E-state index in [2.05, 4.69) is 20.9 Å². The summed E-state index contributed by atoms with van der Waals surface area (Å²) < 4.78 is 33.9. The zero-order valence-corrected chi connectivity index (χ0v) is 20.0. The van der Waals surface area contributed by atoms with Crippen molar-refractivity contribution >= 4 is 31.9 Å². The molecule has 0 fully saturated rings. The van der Waals surface area contributed by atoms with Gasteiger partial charge in [-0.05, 0) is 41.1 Å². The molecule has 3 atom stereocenters. The molecule has 1 aliphatic rings. The Morgan fingerprint density at radius 3 is 2.68 bits per heavy atom. The fraction of sp³-hybridized carbons (Fsp3) is 0.429. The van der Waals surface area contributed by atoms with Gasteiger partial charge in [0, 0.05) is 30.2 Å². The Morgan fingerprint density at radius 2 is 2.03 bits per heavy atom. The van der Waals surface area contributed by atoms with Gasteiger partial charge in [0.05, 0.1) is 24.1 Å². The fourth-order valence-corrected chi connectivity index (χ4v) is 4.95. The number of hydrogen-bond donors (Lipinski definition) is 1. The SMILES string of the molecule is C[C@H](CO)N1C[C@H](C)[C@@H](CN(C)S(=O)(=O)c2ccccc2)Oc2ncc(Br)cc2C1=O. The summed E-state index contributed by atoms with van der Waals surface area (Å²) in [5.41, 5.74) is 0.264. The highest BCUT2D eigenvalue weighted by Crippen LogP contribution is 2.29. The van der Waals surface area contributed by atoms with Gasteiger partial charge in [0.25, 0.3) is 5.91 Å². The number of aliphatic hydroxyl groups excluding tert-OH is 1. The predicted molar refractivity (Wildman–Crippen MR) is 119 cm³/mol. The van der Waals surface area contributed by atoms with Crippen molar-refractivity contribution in [2.45, 2.75) is 30.9 Å². The number of benzene rings is 1. The Morgan fingerprint density at radius 1 is 1.35 bits per heavy atom. The third kappa shape index (κ3) is 5.08. The van der Waals surface area contributed by atoms with Crippen molar-refractivity contribution in [3.63, 3.8) is 0 Å². The number of halogens is 1. The maximum Gasteiger partial charge on any atom is 0.259 e. The number of likely N-dealkylation sites (N-methyl/N-ethyl adjacent to an activating group) is 1. The van der Waals surface area contributed by atoms with E-state index in [1.54, 1.807) is 48.2 Å². The number of hydrogen-bond acceptors (Lipinski definition) is 6. The average molecular weight is 512 g/mol. The van der Waals surface area contributed by atoms with Crippen LogP contribution in [0.1, 0.15) is 24.2 Å². The number of fused-ring (bicyclic) bond motifs is 1. The van der Waals surface area contributed by atoms with Gasteiger partial charge in [-0.25, -0.2) is 13.4 Å². The molecule has 1 amide bonds. The van der Waals surface area contributed by atoms with Crippen LogP contribution in [0.5, 0.6) is 5.88 Å². The van der Waals surface area contributed by atoms with Crippen molar-refractivity contribution < 1.29 is 23.1 Å². The summed E-state index contributed by atoms with van der Waals surface area (Å²) >= 11 is 3.33. The Hall–Kier alpha value is -2.01. The standard InChI is InChI=1S/C21H26BrN3O5S/c1-14-11-25(15(2)13-26)21(27)18-9-16(22)10-23-20(18)30-19(14)12-24(3)31(28,29)17-7-5-4-6-8-17/h4-10,14-15,19,26H,11-13H2,1-3H3/t14-,15+,19+/m0/s1. The lowest BCUT2D eigenvalue weighted by atomic mass is 10.0. The number of aromatic nitrogens is 1. The highest BCUT2D eigenvalue weighted by Gasteiger charge is 2.35. The van der Waals surface area contributed by atoms with Crippen LogP contribution in [0.4, 0.5) is 0 Å². The van der Waals surface area contributed by atoms with E-state index in [0.717, 1.165) is 0 Å². The average Bonchev–Trinajstić information content (AvgIpc) is 2.76. The summed E-state index contributed by atoms with van der Waals surface area (Å²) in [4.78, 5) is 19.2. The molecule has 10 heteroatoms. The van der Waals surface area contributed by atoms with Gasteiger partial charge in [0.1, 0.15) is 11.7 Å². The van der Waals surface area contributed by atoms with Crippen LogP contribution in [0, 0.1) is 5.92 Å². The molecule has 8 nitrogen and oxygen atoms in total. The van der Waals surface area contributed by atoms with Crippen LogP contribution in [0.3, 0.4) is 0 Å². The summed E-state index contributed by atoms with van der Waals surface area (Å²) in [6, 6.07) is 9.41. The van der Waals surface area contributed by atoms with E-state index < -0.39 is 22.2 Å². The molecule has 1 aliphatic heterocycles. The van der Waals surface area contributed by atoms with Gasteiger partial charge in [-0.15, -0.1) is 0 Å². The van der Waals surface area contributed by atoms with E-state index in [0.29, 0.717) is 11.0 Å². The zero-order chi connectivity index (χ0) is 22.8. The maximum atomic E-state index is 13.1. The zero-order valence-electron chi connectivity index (χ0n) is 17.6. The van der Waals surface area contributed by atoms with Gasteiger partial charge < -0.3 is 14.7 Å². The topological polar surface area (TPSA) is 100 Å². The molecule has 0 saturated carbocycles. The van der Waals surface area contributed by atoms with Crippen LogP contribution >= 0.6 is 15.9 Å². The molecule has 0 spiro atoms. The summed E-state index contributed by atoms with van der Waals surface area (Å²) in [6.07, 6.45) is 0.970. The van der Waals surface area contributed by atoms with E-state index >= 15 is 0 Å². The molecule has 1 N–H and O–H groups in total. The van der Waals surface area contributed by atoms with E-state index in [1.807, 2.05) is 6.92 Å². The molecule has 2 heterocycles. The van der Waals surface area contributed by atoms with Crippen LogP contribution in [0.25, 0.3) is 0 Å². The molecule has 0 aliphatic carbocycles. The normalized spacial score (nSPS) is 20.6. The number of carbonyl (C=O) groups is 1. The molecule has 0 bridgehead atoms. The molecule has 0 saturated heterocycles. The number of ether oxygens (including phenoxy) is 1. The third-order valence-corrected chi connectivity index (χ3v) is 7.65. The minimum atomic E-state index is -3.71. The molecule has 1 aromatic carbocycles. The van der Waals surface area contributed by atoms with Gasteiger partial charge in [-0.3, -0.25) is 4.79 Å². The van der Waals surface area contributed by atoms with Crippen LogP contribution in [-0.4, -0.2) is 72.5 Å². The first kappa shape index (κ1) is 23.6. The largest absolute Gasteiger partial charge is 0.472 e. The number of amides is 1. The van der Waals surface area contributed by atoms with E-state index in [9.17, 15) is 18.3 Å². The van der Waals surface area contributed by atoms with Crippen LogP contribution in [0.15, 0.2) is 52.0 Å². The van der Waals surface area contributed by atoms with Crippen molar-refractivity contribution in [2.75, 3.05) is 26.7 Å². The molecular weight excluding hydrogens is 486 g/mol. The second kappa shape index (κ2) is 9.64. The Balaban J connectivity index is 1.95. The molecule has 0 radical (unpaired) electrons. The highest BCUT2D eigenvalue weighted by molar-refractivity contribution is 9.10. The lowest BCUT2D eigenvalue weighted by molar-refractivity contribution is 0.0373. The van der Waals surface area contributed by atoms with Gasteiger partial charge in [0.2, 0.25) is 15.9 Å². The number of carbonyl (C=O) groups excluding carboxylic acids is 1. The number of rotatable bonds is 6. The lowest BCUT2D eigenvalue weighted by Crippen LogP contribution is -2.50. The van der Waals surface area contributed by atoms with Gasteiger partial charge in [-0.1, -0.05) is 25.1 Å². The second-order valence-electron chi connectivity index (χ2n) is 7.73. The minimum Gasteiger partial charge on any atom is -0.472 e.